The van der Waals surface area contributed by atoms with Gasteiger partial charge in [0.05, 0.1) is 6.61 Å². The molecule has 0 heterocycles. The maximum Gasteiger partial charge on any atom is 0.251 e. The SMILES string of the molecule is C#CCCCCNC(=O)c1cccc(OCCC)c1. The molecular formula is C16H21NO2. The van der Waals surface area contributed by atoms with Gasteiger partial charge in [-0.05, 0) is 37.5 Å². The zero-order valence-corrected chi connectivity index (χ0v) is 11.4. The van der Waals surface area contributed by atoms with E-state index in [4.69, 9.17) is 11.2 Å². The second kappa shape index (κ2) is 9.04. The summed E-state index contributed by atoms with van der Waals surface area (Å²) < 4.78 is 5.50. The lowest BCUT2D eigenvalue weighted by atomic mass is 10.2. The molecule has 0 saturated carbocycles. The zero-order valence-electron chi connectivity index (χ0n) is 11.4. The molecule has 1 amide bonds. The van der Waals surface area contributed by atoms with Gasteiger partial charge < -0.3 is 10.1 Å². The third-order valence-corrected chi connectivity index (χ3v) is 2.60. The topological polar surface area (TPSA) is 38.3 Å². The van der Waals surface area contributed by atoms with E-state index >= 15 is 0 Å². The molecule has 19 heavy (non-hydrogen) atoms. The molecule has 0 spiro atoms. The summed E-state index contributed by atoms with van der Waals surface area (Å²) in [5.74, 6) is 3.26. The normalized spacial score (nSPS) is 9.68. The highest BCUT2D eigenvalue weighted by molar-refractivity contribution is 5.94. The van der Waals surface area contributed by atoms with Crippen molar-refractivity contribution in [2.75, 3.05) is 13.2 Å². The summed E-state index contributed by atoms with van der Waals surface area (Å²) in [7, 11) is 0. The van der Waals surface area contributed by atoms with Gasteiger partial charge >= 0.3 is 0 Å². The number of unbranched alkanes of at least 4 members (excludes halogenated alkanes) is 2. The summed E-state index contributed by atoms with van der Waals surface area (Å²) in [6, 6.07) is 7.25. The van der Waals surface area contributed by atoms with Crippen molar-refractivity contribution in [1.82, 2.24) is 5.32 Å². The smallest absolute Gasteiger partial charge is 0.251 e. The quantitative estimate of drug-likeness (QED) is 0.575. The van der Waals surface area contributed by atoms with E-state index in [2.05, 4.69) is 11.2 Å². The van der Waals surface area contributed by atoms with E-state index in [9.17, 15) is 4.79 Å². The van der Waals surface area contributed by atoms with Crippen LogP contribution in [0.2, 0.25) is 0 Å². The molecule has 1 aromatic rings. The monoisotopic (exact) mass is 259 g/mol. The Kier molecular flexibility index (Phi) is 7.19. The van der Waals surface area contributed by atoms with Crippen LogP contribution in [0.15, 0.2) is 24.3 Å². The summed E-state index contributed by atoms with van der Waals surface area (Å²) in [5, 5.41) is 2.88. The van der Waals surface area contributed by atoms with Gasteiger partial charge in [-0.3, -0.25) is 4.79 Å². The molecule has 0 aliphatic heterocycles. The molecule has 0 bridgehead atoms. The lowest BCUT2D eigenvalue weighted by Gasteiger charge is -2.07. The standard InChI is InChI=1S/C16H21NO2/c1-3-5-6-7-11-17-16(18)14-9-8-10-15(13-14)19-12-4-2/h1,8-10,13H,4-7,11-12H2,2H3,(H,17,18). The largest absolute Gasteiger partial charge is 0.494 e. The number of carbonyl (C=O) groups excluding carboxylic acids is 1. The van der Waals surface area contributed by atoms with Crippen molar-refractivity contribution in [3.05, 3.63) is 29.8 Å². The minimum atomic E-state index is -0.0670. The molecule has 102 valence electrons. The molecule has 1 N–H and O–H groups in total. The number of ether oxygens (including phenoxy) is 1. The third-order valence-electron chi connectivity index (χ3n) is 2.60. The van der Waals surface area contributed by atoms with Crippen LogP contribution in [-0.2, 0) is 0 Å². The van der Waals surface area contributed by atoms with E-state index in [1.54, 1.807) is 12.1 Å². The second-order valence-corrected chi connectivity index (χ2v) is 4.29. The molecule has 1 rings (SSSR count). The lowest BCUT2D eigenvalue weighted by molar-refractivity contribution is 0.0952. The van der Waals surface area contributed by atoms with E-state index in [1.165, 1.54) is 0 Å². The van der Waals surface area contributed by atoms with Crippen LogP contribution in [0.25, 0.3) is 0 Å². The van der Waals surface area contributed by atoms with Crippen LogP contribution >= 0.6 is 0 Å². The number of hydrogen-bond donors (Lipinski definition) is 1. The van der Waals surface area contributed by atoms with Gasteiger partial charge in [0.15, 0.2) is 0 Å². The van der Waals surface area contributed by atoms with Crippen LogP contribution < -0.4 is 10.1 Å². The number of hydrogen-bond acceptors (Lipinski definition) is 2. The molecule has 0 unspecified atom stereocenters. The van der Waals surface area contributed by atoms with Crippen molar-refractivity contribution in [2.24, 2.45) is 0 Å². The molecule has 0 atom stereocenters. The summed E-state index contributed by atoms with van der Waals surface area (Å²) in [4.78, 5) is 11.9. The van der Waals surface area contributed by atoms with Gasteiger partial charge in [0.25, 0.3) is 5.91 Å². The fourth-order valence-electron chi connectivity index (χ4n) is 1.60. The molecule has 0 saturated heterocycles. The Balaban J connectivity index is 2.41. The maximum absolute atomic E-state index is 11.9. The first-order valence-corrected chi connectivity index (χ1v) is 6.72. The van der Waals surface area contributed by atoms with Gasteiger partial charge in [-0.1, -0.05) is 13.0 Å². The number of nitrogens with one attached hydrogen (secondary N) is 1. The van der Waals surface area contributed by atoms with E-state index in [0.29, 0.717) is 18.7 Å². The Morgan fingerprint density at radius 1 is 1.42 bits per heavy atom. The maximum atomic E-state index is 11.9. The van der Waals surface area contributed by atoms with Crippen molar-refractivity contribution in [3.8, 4) is 18.1 Å². The zero-order chi connectivity index (χ0) is 13.9. The molecule has 1 aromatic carbocycles. The Morgan fingerprint density at radius 3 is 3.00 bits per heavy atom. The van der Waals surface area contributed by atoms with Crippen molar-refractivity contribution in [1.29, 1.82) is 0 Å². The van der Waals surface area contributed by atoms with Gasteiger partial charge in [-0.2, -0.15) is 0 Å². The molecule has 0 aliphatic rings. The summed E-state index contributed by atoms with van der Waals surface area (Å²) >= 11 is 0. The predicted octanol–water partition coefficient (Wildman–Crippen LogP) is 3.01. The molecule has 0 fully saturated rings. The fourth-order valence-corrected chi connectivity index (χ4v) is 1.60. The second-order valence-electron chi connectivity index (χ2n) is 4.29. The van der Waals surface area contributed by atoms with E-state index in [1.807, 2.05) is 19.1 Å². The van der Waals surface area contributed by atoms with Gasteiger partial charge in [0, 0.05) is 18.5 Å². The summed E-state index contributed by atoms with van der Waals surface area (Å²) in [6.07, 6.45) is 8.72. The fraction of sp³-hybridized carbons (Fsp3) is 0.438. The van der Waals surface area contributed by atoms with Crippen LogP contribution in [0, 0.1) is 12.3 Å². The van der Waals surface area contributed by atoms with Gasteiger partial charge in [0.1, 0.15) is 5.75 Å². The highest BCUT2D eigenvalue weighted by atomic mass is 16.5. The van der Waals surface area contributed by atoms with Crippen molar-refractivity contribution < 1.29 is 9.53 Å². The average molecular weight is 259 g/mol. The lowest BCUT2D eigenvalue weighted by Crippen LogP contribution is -2.24. The molecule has 0 aromatic heterocycles. The molecule has 3 heteroatoms. The Bertz CT molecular complexity index is 435. The van der Waals surface area contributed by atoms with E-state index in [0.717, 1.165) is 31.4 Å². The number of amides is 1. The van der Waals surface area contributed by atoms with Crippen LogP contribution in [-0.4, -0.2) is 19.1 Å². The molecular weight excluding hydrogens is 238 g/mol. The van der Waals surface area contributed by atoms with Crippen LogP contribution in [0.4, 0.5) is 0 Å². The van der Waals surface area contributed by atoms with Crippen molar-refractivity contribution in [3.63, 3.8) is 0 Å². The first-order valence-electron chi connectivity index (χ1n) is 6.72. The first-order chi connectivity index (χ1) is 9.27. The van der Waals surface area contributed by atoms with Crippen LogP contribution in [0.1, 0.15) is 43.0 Å². The number of rotatable bonds is 8. The molecule has 0 radical (unpaired) electrons. The molecule has 0 aliphatic carbocycles. The minimum absolute atomic E-state index is 0.0670. The van der Waals surface area contributed by atoms with Crippen LogP contribution in [0.5, 0.6) is 5.75 Å². The van der Waals surface area contributed by atoms with Gasteiger partial charge in [-0.15, -0.1) is 12.3 Å². The highest BCUT2D eigenvalue weighted by Gasteiger charge is 2.05. The number of carbonyl (C=O) groups is 1. The first kappa shape index (κ1) is 15.1. The van der Waals surface area contributed by atoms with Crippen molar-refractivity contribution >= 4 is 5.91 Å². The highest BCUT2D eigenvalue weighted by Crippen LogP contribution is 2.13. The van der Waals surface area contributed by atoms with E-state index < -0.39 is 0 Å². The number of benzene rings is 1. The number of terminal acetylenes is 1. The summed E-state index contributed by atoms with van der Waals surface area (Å²) in [6.45, 7) is 3.37. The Hall–Kier alpha value is -1.95. The van der Waals surface area contributed by atoms with Gasteiger partial charge in [0.2, 0.25) is 0 Å². The van der Waals surface area contributed by atoms with E-state index in [-0.39, 0.29) is 5.91 Å². The van der Waals surface area contributed by atoms with Crippen molar-refractivity contribution in [2.45, 2.75) is 32.6 Å². The third kappa shape index (κ3) is 5.96. The summed E-state index contributed by atoms with van der Waals surface area (Å²) in [5.41, 5.74) is 0.630. The predicted molar refractivity (Wildman–Crippen MR) is 77.2 cm³/mol. The van der Waals surface area contributed by atoms with Gasteiger partial charge in [-0.25, -0.2) is 0 Å². The molecule has 3 nitrogen and oxygen atoms in total. The Morgan fingerprint density at radius 2 is 2.26 bits per heavy atom. The van der Waals surface area contributed by atoms with Crippen LogP contribution in [0.3, 0.4) is 0 Å². The minimum Gasteiger partial charge on any atom is -0.494 e. The Labute approximate surface area is 115 Å². The average Bonchev–Trinajstić information content (AvgIpc) is 2.45.